The van der Waals surface area contributed by atoms with Gasteiger partial charge >= 0.3 is 0 Å². The van der Waals surface area contributed by atoms with Crippen molar-refractivity contribution in [2.24, 2.45) is 5.10 Å². The Kier molecular flexibility index (Phi) is 8.38. The van der Waals surface area contributed by atoms with Crippen molar-refractivity contribution >= 4 is 68.6 Å². The van der Waals surface area contributed by atoms with E-state index >= 15 is 0 Å². The second-order valence-corrected chi connectivity index (χ2v) is 11.4. The Morgan fingerprint density at radius 3 is 2.74 bits per heavy atom. The van der Waals surface area contributed by atoms with Crippen LogP contribution in [0.5, 0.6) is 5.75 Å². The molecule has 0 spiro atoms. The molecule has 2 heterocycles. The van der Waals surface area contributed by atoms with Gasteiger partial charge in [-0.05, 0) is 80.1 Å². The summed E-state index contributed by atoms with van der Waals surface area (Å²) in [5, 5.41) is 6.00. The van der Waals surface area contributed by atoms with Crippen LogP contribution in [0.2, 0.25) is 10.0 Å². The Hall–Kier alpha value is -2.85. The molecule has 2 aromatic heterocycles. The summed E-state index contributed by atoms with van der Waals surface area (Å²) in [6, 6.07) is 12.4. The van der Waals surface area contributed by atoms with Gasteiger partial charge in [0, 0.05) is 4.88 Å². The molecule has 11 heteroatoms. The first-order valence-corrected chi connectivity index (χ1v) is 14.7. The lowest BCUT2D eigenvalue weighted by atomic mass is 9.97. The zero-order valence-corrected chi connectivity index (χ0v) is 23.6. The molecule has 1 aliphatic carbocycles. The average molecular weight is 588 g/mol. The summed E-state index contributed by atoms with van der Waals surface area (Å²) >= 11 is 14.7. The maximum Gasteiger partial charge on any atom is 0.267 e. The molecule has 5 rings (SSSR count). The van der Waals surface area contributed by atoms with Crippen molar-refractivity contribution in [1.82, 2.24) is 15.0 Å². The lowest BCUT2D eigenvalue weighted by Gasteiger charge is -2.14. The fraction of sp³-hybridized carbons (Fsp3) is 0.259. The minimum absolute atomic E-state index is 0.0266. The number of ether oxygens (including phenoxy) is 1. The molecule has 196 valence electrons. The van der Waals surface area contributed by atoms with Gasteiger partial charge < -0.3 is 4.74 Å². The van der Waals surface area contributed by atoms with E-state index in [2.05, 4.69) is 10.5 Å². The van der Waals surface area contributed by atoms with Crippen molar-refractivity contribution in [1.29, 1.82) is 0 Å². The summed E-state index contributed by atoms with van der Waals surface area (Å²) in [5.74, 6) is 0.419. The van der Waals surface area contributed by atoms with Gasteiger partial charge in [0.2, 0.25) is 0 Å². The summed E-state index contributed by atoms with van der Waals surface area (Å²) < 4.78 is 7.16. The highest BCUT2D eigenvalue weighted by Crippen LogP contribution is 2.35. The van der Waals surface area contributed by atoms with Gasteiger partial charge in [0.1, 0.15) is 10.6 Å². The van der Waals surface area contributed by atoms with Crippen LogP contribution >= 0.6 is 46.3 Å². The van der Waals surface area contributed by atoms with E-state index in [-0.39, 0.29) is 17.2 Å². The van der Waals surface area contributed by atoms with E-state index in [1.165, 1.54) is 22.9 Å². The number of aryl methyl sites for hydroxylation is 2. The Balaban J connectivity index is 1.42. The third-order valence-electron chi connectivity index (χ3n) is 6.04. The SMILES string of the molecule is CCOc1ccc(-n2c(SCC(=O)NN=Cc3ccc(Cl)c(Cl)c3)nc3sc4c(c3c2=O)CCCC4)cc1. The van der Waals surface area contributed by atoms with Gasteiger partial charge in [-0.25, -0.2) is 10.4 Å². The second kappa shape index (κ2) is 11.9. The third-order valence-corrected chi connectivity index (χ3v) is 8.91. The van der Waals surface area contributed by atoms with E-state index in [0.29, 0.717) is 38.4 Å². The lowest BCUT2D eigenvalue weighted by molar-refractivity contribution is -0.118. The quantitative estimate of drug-likeness (QED) is 0.114. The maximum absolute atomic E-state index is 13.9. The van der Waals surface area contributed by atoms with Crippen LogP contribution in [-0.2, 0) is 17.6 Å². The highest BCUT2D eigenvalue weighted by atomic mass is 35.5. The van der Waals surface area contributed by atoms with E-state index in [4.69, 9.17) is 32.9 Å². The summed E-state index contributed by atoms with van der Waals surface area (Å²) in [6.45, 7) is 2.47. The number of halogens is 2. The number of aromatic nitrogens is 2. The standard InChI is InChI=1S/C27H24Cl2N4O3S2/c1-2-36-18-10-8-17(9-11-18)33-26(35)24-19-5-3-4-6-22(19)38-25(24)31-27(33)37-15-23(34)32-30-14-16-7-12-20(28)21(29)13-16/h7-14H,2-6,15H2,1H3,(H,32,34). The first-order valence-electron chi connectivity index (χ1n) is 12.1. The van der Waals surface area contributed by atoms with Crippen LogP contribution in [0.3, 0.4) is 0 Å². The number of thioether (sulfide) groups is 1. The van der Waals surface area contributed by atoms with Gasteiger partial charge in [0.25, 0.3) is 11.5 Å². The summed E-state index contributed by atoms with van der Waals surface area (Å²) in [5.41, 5.74) is 4.89. The van der Waals surface area contributed by atoms with Gasteiger partial charge in [-0.2, -0.15) is 5.10 Å². The molecular formula is C27H24Cl2N4O3S2. The fourth-order valence-electron chi connectivity index (χ4n) is 4.30. The minimum atomic E-state index is -0.329. The molecule has 1 aliphatic rings. The number of carbonyl (C=O) groups excluding carboxylic acids is 1. The van der Waals surface area contributed by atoms with E-state index in [9.17, 15) is 9.59 Å². The van der Waals surface area contributed by atoms with Crippen LogP contribution in [0.15, 0.2) is 57.5 Å². The molecule has 0 radical (unpaired) electrons. The number of hydrogen-bond donors (Lipinski definition) is 1. The molecule has 0 unspecified atom stereocenters. The largest absolute Gasteiger partial charge is 0.494 e. The Bertz CT molecular complexity index is 1580. The lowest BCUT2D eigenvalue weighted by Crippen LogP contribution is -2.24. The Morgan fingerprint density at radius 2 is 1.97 bits per heavy atom. The van der Waals surface area contributed by atoms with E-state index in [1.54, 1.807) is 34.1 Å². The summed E-state index contributed by atoms with van der Waals surface area (Å²) in [6.07, 6.45) is 5.54. The van der Waals surface area contributed by atoms with Gasteiger partial charge in [-0.3, -0.25) is 14.2 Å². The zero-order valence-electron chi connectivity index (χ0n) is 20.5. The van der Waals surface area contributed by atoms with Gasteiger partial charge in [-0.1, -0.05) is 41.0 Å². The second-order valence-electron chi connectivity index (χ2n) is 8.61. The smallest absolute Gasteiger partial charge is 0.267 e. The van der Waals surface area contributed by atoms with E-state index in [1.807, 2.05) is 31.2 Å². The van der Waals surface area contributed by atoms with Crippen molar-refractivity contribution in [3.63, 3.8) is 0 Å². The number of hydrogen-bond acceptors (Lipinski definition) is 7. The number of carbonyl (C=O) groups is 1. The van der Waals surface area contributed by atoms with Gasteiger partial charge in [0.05, 0.1) is 39.7 Å². The number of thiophene rings is 1. The van der Waals surface area contributed by atoms with Crippen LogP contribution in [0, 0.1) is 0 Å². The molecule has 0 aliphatic heterocycles. The summed E-state index contributed by atoms with van der Waals surface area (Å²) in [7, 11) is 0. The number of fused-ring (bicyclic) bond motifs is 3. The number of rotatable bonds is 8. The van der Waals surface area contributed by atoms with Crippen LogP contribution in [0.1, 0.15) is 35.8 Å². The van der Waals surface area contributed by atoms with Crippen molar-refractivity contribution in [3.05, 3.63) is 78.9 Å². The molecule has 4 aromatic rings. The Morgan fingerprint density at radius 1 is 1.18 bits per heavy atom. The average Bonchev–Trinajstić information content (AvgIpc) is 3.29. The highest BCUT2D eigenvalue weighted by Gasteiger charge is 2.23. The first-order chi connectivity index (χ1) is 18.4. The van der Waals surface area contributed by atoms with Crippen molar-refractivity contribution < 1.29 is 9.53 Å². The zero-order chi connectivity index (χ0) is 26.6. The van der Waals surface area contributed by atoms with Crippen LogP contribution in [-0.4, -0.2) is 34.0 Å². The number of hydrazone groups is 1. The molecule has 0 fully saturated rings. The molecule has 0 atom stereocenters. The number of benzene rings is 2. The molecule has 0 saturated heterocycles. The molecule has 38 heavy (non-hydrogen) atoms. The Labute approximate surface area is 237 Å². The maximum atomic E-state index is 13.9. The molecule has 0 bridgehead atoms. The minimum Gasteiger partial charge on any atom is -0.494 e. The molecule has 1 amide bonds. The predicted molar refractivity (Wildman–Crippen MR) is 156 cm³/mol. The van der Waals surface area contributed by atoms with E-state index < -0.39 is 0 Å². The molecule has 2 aromatic carbocycles. The van der Waals surface area contributed by atoms with Gasteiger partial charge in [0.15, 0.2) is 5.16 Å². The van der Waals surface area contributed by atoms with Crippen molar-refractivity contribution in [3.8, 4) is 11.4 Å². The number of nitrogens with zero attached hydrogens (tertiary/aromatic N) is 3. The van der Waals surface area contributed by atoms with Crippen LogP contribution < -0.4 is 15.7 Å². The van der Waals surface area contributed by atoms with Gasteiger partial charge in [-0.15, -0.1) is 11.3 Å². The monoisotopic (exact) mass is 586 g/mol. The van der Waals surface area contributed by atoms with Crippen molar-refractivity contribution in [2.75, 3.05) is 12.4 Å². The molecule has 1 N–H and O–H groups in total. The first kappa shape index (κ1) is 26.7. The molecule has 7 nitrogen and oxygen atoms in total. The fourth-order valence-corrected chi connectivity index (χ4v) is 6.72. The third kappa shape index (κ3) is 5.76. The molecule has 0 saturated carbocycles. The topological polar surface area (TPSA) is 85.6 Å². The molecular weight excluding hydrogens is 563 g/mol. The normalized spacial score (nSPS) is 13.1. The van der Waals surface area contributed by atoms with Crippen molar-refractivity contribution in [2.45, 2.75) is 37.8 Å². The van der Waals surface area contributed by atoms with Crippen LogP contribution in [0.4, 0.5) is 0 Å². The number of nitrogens with one attached hydrogen (secondary N) is 1. The number of amides is 1. The predicted octanol–water partition coefficient (Wildman–Crippen LogP) is 6.27. The van der Waals surface area contributed by atoms with Crippen LogP contribution in [0.25, 0.3) is 15.9 Å². The summed E-state index contributed by atoms with van der Waals surface area (Å²) in [4.78, 5) is 33.3. The van der Waals surface area contributed by atoms with E-state index in [0.717, 1.165) is 41.8 Å². The highest BCUT2D eigenvalue weighted by molar-refractivity contribution is 7.99.